The second kappa shape index (κ2) is 4.74. The van der Waals surface area contributed by atoms with Crippen molar-refractivity contribution in [3.8, 4) is 0 Å². The van der Waals surface area contributed by atoms with E-state index in [4.69, 9.17) is 5.11 Å². The number of rotatable bonds is 3. The minimum absolute atomic E-state index is 0.226. The number of aromatic nitrogens is 1. The molecule has 1 aromatic heterocycles. The van der Waals surface area contributed by atoms with Crippen LogP contribution in [0.4, 0.5) is 5.82 Å². The van der Waals surface area contributed by atoms with Crippen LogP contribution in [0.1, 0.15) is 30.9 Å². The highest BCUT2D eigenvalue weighted by Crippen LogP contribution is 2.23. The van der Waals surface area contributed by atoms with Crippen LogP contribution in [0.15, 0.2) is 12.3 Å². The molecule has 16 heavy (non-hydrogen) atoms. The molecule has 1 amide bonds. The monoisotopic (exact) mass is 222 g/mol. The Bertz CT molecular complexity index is 429. The van der Waals surface area contributed by atoms with E-state index in [9.17, 15) is 9.59 Å². The van der Waals surface area contributed by atoms with Crippen molar-refractivity contribution in [3.63, 3.8) is 0 Å². The molecule has 0 aliphatic carbocycles. The molecule has 5 heteroatoms. The largest absolute Gasteiger partial charge is 0.481 e. The third-order valence-electron chi connectivity index (χ3n) is 2.38. The highest BCUT2D eigenvalue weighted by molar-refractivity contribution is 5.88. The Morgan fingerprint density at radius 1 is 1.50 bits per heavy atom. The van der Waals surface area contributed by atoms with Gasteiger partial charge in [0.25, 0.3) is 0 Å². The van der Waals surface area contributed by atoms with Crippen LogP contribution in [-0.2, 0) is 9.59 Å². The smallest absolute Gasteiger partial charge is 0.310 e. The van der Waals surface area contributed by atoms with Gasteiger partial charge in [0.2, 0.25) is 5.91 Å². The number of anilines is 1. The van der Waals surface area contributed by atoms with Crippen molar-refractivity contribution in [2.45, 2.75) is 26.7 Å². The average molecular weight is 222 g/mol. The molecule has 1 heterocycles. The molecule has 0 aliphatic rings. The van der Waals surface area contributed by atoms with Gasteiger partial charge in [-0.2, -0.15) is 0 Å². The van der Waals surface area contributed by atoms with Crippen LogP contribution in [0.3, 0.4) is 0 Å². The third-order valence-corrected chi connectivity index (χ3v) is 2.38. The topological polar surface area (TPSA) is 79.3 Å². The molecule has 0 aliphatic heterocycles. The second-order valence-electron chi connectivity index (χ2n) is 3.61. The highest BCUT2D eigenvalue weighted by Gasteiger charge is 2.18. The number of carbonyl (C=O) groups is 2. The molecule has 86 valence electrons. The van der Waals surface area contributed by atoms with Gasteiger partial charge in [-0.3, -0.25) is 9.59 Å². The zero-order valence-electron chi connectivity index (χ0n) is 9.44. The lowest BCUT2D eigenvalue weighted by atomic mass is 9.98. The predicted molar refractivity (Wildman–Crippen MR) is 59.3 cm³/mol. The first kappa shape index (κ1) is 12.2. The fourth-order valence-electron chi connectivity index (χ4n) is 1.45. The van der Waals surface area contributed by atoms with Crippen LogP contribution >= 0.6 is 0 Å². The lowest BCUT2D eigenvalue weighted by Crippen LogP contribution is -2.13. The summed E-state index contributed by atoms with van der Waals surface area (Å²) >= 11 is 0. The molecule has 1 rings (SSSR count). The van der Waals surface area contributed by atoms with Crippen LogP contribution in [0, 0.1) is 6.92 Å². The molecule has 0 saturated carbocycles. The molecule has 1 atom stereocenters. The average Bonchev–Trinajstić information content (AvgIpc) is 2.19. The second-order valence-corrected chi connectivity index (χ2v) is 3.61. The minimum Gasteiger partial charge on any atom is -0.481 e. The number of carbonyl (C=O) groups excluding carboxylic acids is 1. The van der Waals surface area contributed by atoms with Crippen molar-refractivity contribution >= 4 is 17.7 Å². The third kappa shape index (κ3) is 2.56. The maximum absolute atomic E-state index is 10.9. The first-order chi connectivity index (χ1) is 7.43. The van der Waals surface area contributed by atoms with Crippen molar-refractivity contribution in [2.75, 3.05) is 5.32 Å². The molecular formula is C11H14N2O3. The number of hydrogen-bond acceptors (Lipinski definition) is 3. The summed E-state index contributed by atoms with van der Waals surface area (Å²) in [5, 5.41) is 11.5. The Morgan fingerprint density at radius 2 is 2.12 bits per heavy atom. The van der Waals surface area contributed by atoms with Gasteiger partial charge in [0.15, 0.2) is 0 Å². The maximum Gasteiger partial charge on any atom is 0.310 e. The summed E-state index contributed by atoms with van der Waals surface area (Å²) in [5.41, 5.74) is 1.35. The maximum atomic E-state index is 10.9. The molecule has 5 nitrogen and oxygen atoms in total. The van der Waals surface area contributed by atoms with Crippen LogP contribution < -0.4 is 5.32 Å². The van der Waals surface area contributed by atoms with Crippen molar-refractivity contribution in [3.05, 3.63) is 23.4 Å². The van der Waals surface area contributed by atoms with Gasteiger partial charge >= 0.3 is 5.97 Å². The van der Waals surface area contributed by atoms with E-state index in [-0.39, 0.29) is 5.91 Å². The van der Waals surface area contributed by atoms with Crippen LogP contribution in [0.5, 0.6) is 0 Å². The standard InChI is InChI=1S/C11H14N2O3/c1-6-9(7(2)11(15)16)4-5-12-10(6)13-8(3)14/h4-5,7H,1-3H3,(H,15,16)(H,12,13,14). The van der Waals surface area contributed by atoms with Crippen LogP contribution in [-0.4, -0.2) is 22.0 Å². The first-order valence-electron chi connectivity index (χ1n) is 4.89. The number of carboxylic acids is 1. The van der Waals surface area contributed by atoms with E-state index in [2.05, 4.69) is 10.3 Å². The zero-order chi connectivity index (χ0) is 12.3. The summed E-state index contributed by atoms with van der Waals surface area (Å²) in [6, 6.07) is 1.65. The quantitative estimate of drug-likeness (QED) is 0.812. The van der Waals surface area contributed by atoms with Gasteiger partial charge < -0.3 is 10.4 Å². The van der Waals surface area contributed by atoms with Crippen molar-refractivity contribution in [1.29, 1.82) is 0 Å². The number of nitrogens with zero attached hydrogens (tertiary/aromatic N) is 1. The number of pyridine rings is 1. The first-order valence-corrected chi connectivity index (χ1v) is 4.89. The van der Waals surface area contributed by atoms with Crippen molar-refractivity contribution < 1.29 is 14.7 Å². The summed E-state index contributed by atoms with van der Waals surface area (Å²) in [6.07, 6.45) is 1.49. The molecule has 1 aromatic rings. The van der Waals surface area contributed by atoms with Crippen LogP contribution in [0.2, 0.25) is 0 Å². The van der Waals surface area contributed by atoms with Crippen molar-refractivity contribution in [2.24, 2.45) is 0 Å². The highest BCUT2D eigenvalue weighted by atomic mass is 16.4. The van der Waals surface area contributed by atoms with Gasteiger partial charge in [0.05, 0.1) is 5.92 Å². The lowest BCUT2D eigenvalue weighted by molar-refractivity contribution is -0.138. The van der Waals surface area contributed by atoms with Gasteiger partial charge in [-0.1, -0.05) is 0 Å². The molecule has 0 bridgehead atoms. The zero-order valence-corrected chi connectivity index (χ0v) is 9.44. The summed E-state index contributed by atoms with van der Waals surface area (Å²) in [7, 11) is 0. The summed E-state index contributed by atoms with van der Waals surface area (Å²) in [4.78, 5) is 25.8. The van der Waals surface area contributed by atoms with E-state index in [0.29, 0.717) is 16.9 Å². The van der Waals surface area contributed by atoms with Gasteiger partial charge in [0, 0.05) is 13.1 Å². The van der Waals surface area contributed by atoms with E-state index in [0.717, 1.165) is 0 Å². The van der Waals surface area contributed by atoms with Gasteiger partial charge in [-0.05, 0) is 31.0 Å². The number of hydrogen-bond donors (Lipinski definition) is 2. The molecule has 2 N–H and O–H groups in total. The lowest BCUT2D eigenvalue weighted by Gasteiger charge is -2.13. The predicted octanol–water partition coefficient (Wildman–Crippen LogP) is 1.54. The number of nitrogens with one attached hydrogen (secondary N) is 1. The number of aliphatic carboxylic acids is 1. The summed E-state index contributed by atoms with van der Waals surface area (Å²) in [6.45, 7) is 4.73. The molecule has 0 spiro atoms. The molecule has 0 aromatic carbocycles. The SMILES string of the molecule is CC(=O)Nc1nccc(C(C)C(=O)O)c1C. The summed E-state index contributed by atoms with van der Waals surface area (Å²) in [5.74, 6) is -1.33. The van der Waals surface area contributed by atoms with Crippen LogP contribution in [0.25, 0.3) is 0 Å². The van der Waals surface area contributed by atoms with E-state index >= 15 is 0 Å². The van der Waals surface area contributed by atoms with Gasteiger partial charge in [-0.15, -0.1) is 0 Å². The fourth-order valence-corrected chi connectivity index (χ4v) is 1.45. The minimum atomic E-state index is -0.900. The van der Waals surface area contributed by atoms with Crippen molar-refractivity contribution in [1.82, 2.24) is 4.98 Å². The molecule has 0 fully saturated rings. The Kier molecular flexibility index (Phi) is 3.60. The van der Waals surface area contributed by atoms with E-state index in [1.807, 2.05) is 0 Å². The molecule has 0 radical (unpaired) electrons. The molecular weight excluding hydrogens is 208 g/mol. The van der Waals surface area contributed by atoms with E-state index < -0.39 is 11.9 Å². The fraction of sp³-hybridized carbons (Fsp3) is 0.364. The Balaban J connectivity index is 3.13. The number of amides is 1. The van der Waals surface area contributed by atoms with E-state index in [1.54, 1.807) is 19.9 Å². The molecule has 0 saturated heterocycles. The Morgan fingerprint density at radius 3 is 2.62 bits per heavy atom. The Hall–Kier alpha value is -1.91. The van der Waals surface area contributed by atoms with Gasteiger partial charge in [0.1, 0.15) is 5.82 Å². The number of carboxylic acid groups (broad SMARTS) is 1. The van der Waals surface area contributed by atoms with Gasteiger partial charge in [-0.25, -0.2) is 4.98 Å². The van der Waals surface area contributed by atoms with E-state index in [1.165, 1.54) is 13.1 Å². The summed E-state index contributed by atoms with van der Waals surface area (Å²) < 4.78 is 0. The molecule has 1 unspecified atom stereocenters. The normalized spacial score (nSPS) is 11.9. The Labute approximate surface area is 93.5 Å².